The third kappa shape index (κ3) is 1.72. The summed E-state index contributed by atoms with van der Waals surface area (Å²) in [6.07, 6.45) is 0. The Morgan fingerprint density at radius 2 is 1.67 bits per heavy atom. The van der Waals surface area contributed by atoms with Gasteiger partial charge in [-0.15, -0.1) is 0 Å². The fourth-order valence-electron chi connectivity index (χ4n) is 3.29. The van der Waals surface area contributed by atoms with Crippen LogP contribution in [-0.2, 0) is 0 Å². The number of phenols is 1. The maximum absolute atomic E-state index is 12.9. The topological polar surface area (TPSA) is 84.6 Å². The zero-order valence-corrected chi connectivity index (χ0v) is 13.0. The molecule has 3 aromatic rings. The first-order valence-corrected chi connectivity index (χ1v) is 7.39. The van der Waals surface area contributed by atoms with E-state index in [1.807, 2.05) is 0 Å². The third-order valence-electron chi connectivity index (χ3n) is 4.31. The minimum Gasteiger partial charge on any atom is -0.507 e. The van der Waals surface area contributed by atoms with Crippen molar-refractivity contribution in [1.29, 1.82) is 0 Å². The van der Waals surface area contributed by atoms with Gasteiger partial charge in [-0.05, 0) is 31.5 Å². The zero-order chi connectivity index (χ0) is 17.2. The molecular formula is C19H12O5. The van der Waals surface area contributed by atoms with Crippen molar-refractivity contribution in [2.75, 3.05) is 0 Å². The highest BCUT2D eigenvalue weighted by Gasteiger charge is 2.35. The molecule has 1 aliphatic carbocycles. The molecule has 1 aliphatic rings. The average Bonchev–Trinajstić information content (AvgIpc) is 2.51. The number of benzene rings is 2. The Bertz CT molecular complexity index is 1130. The molecule has 0 fully saturated rings. The number of aromatic hydroxyl groups is 1. The van der Waals surface area contributed by atoms with Crippen LogP contribution >= 0.6 is 0 Å². The molecule has 0 amide bonds. The maximum atomic E-state index is 12.9. The molecule has 1 heterocycles. The first kappa shape index (κ1) is 14.4. The van der Waals surface area contributed by atoms with Gasteiger partial charge >= 0.3 is 0 Å². The Balaban J connectivity index is 2.22. The summed E-state index contributed by atoms with van der Waals surface area (Å²) in [6, 6.07) is 7.26. The van der Waals surface area contributed by atoms with Gasteiger partial charge in [-0.25, -0.2) is 0 Å². The van der Waals surface area contributed by atoms with Gasteiger partial charge in [0.15, 0.2) is 11.2 Å². The van der Waals surface area contributed by atoms with Gasteiger partial charge in [0, 0.05) is 17.2 Å². The van der Waals surface area contributed by atoms with E-state index in [2.05, 4.69) is 0 Å². The lowest BCUT2D eigenvalue weighted by Crippen LogP contribution is -2.22. The van der Waals surface area contributed by atoms with Crippen molar-refractivity contribution in [3.05, 3.63) is 74.1 Å². The number of fused-ring (bicyclic) bond motifs is 4. The van der Waals surface area contributed by atoms with Crippen LogP contribution in [-0.4, -0.2) is 16.7 Å². The second-order valence-electron chi connectivity index (χ2n) is 5.90. The fourth-order valence-corrected chi connectivity index (χ4v) is 3.29. The summed E-state index contributed by atoms with van der Waals surface area (Å²) in [4.78, 5) is 38.0. The molecule has 2 aromatic carbocycles. The number of aryl methyl sites for hydroxylation is 2. The molecule has 24 heavy (non-hydrogen) atoms. The van der Waals surface area contributed by atoms with Crippen LogP contribution in [0.1, 0.15) is 43.2 Å². The molecule has 0 bridgehead atoms. The van der Waals surface area contributed by atoms with Crippen LogP contribution in [0.25, 0.3) is 11.0 Å². The first-order chi connectivity index (χ1) is 11.4. The molecule has 0 radical (unpaired) electrons. The number of ketones is 2. The normalized spacial score (nSPS) is 13.1. The van der Waals surface area contributed by atoms with Gasteiger partial charge in [0.05, 0.1) is 16.5 Å². The van der Waals surface area contributed by atoms with E-state index in [0.717, 1.165) is 0 Å². The highest BCUT2D eigenvalue weighted by molar-refractivity contribution is 6.32. The Kier molecular flexibility index (Phi) is 2.78. The number of phenolic OH excluding ortho intramolecular Hbond substituents is 1. The summed E-state index contributed by atoms with van der Waals surface area (Å²) < 4.78 is 5.64. The standard InChI is InChI=1S/C19H12O5/c1-8-6-11-16(19-14(8)13(21)7-9(2)24-19)18(23)15-10(17(11)22)4-3-5-12(15)20/h3-7,20H,1-2H3. The Labute approximate surface area is 136 Å². The van der Waals surface area contributed by atoms with E-state index >= 15 is 0 Å². The van der Waals surface area contributed by atoms with Crippen LogP contribution in [0.3, 0.4) is 0 Å². The smallest absolute Gasteiger partial charge is 0.202 e. The lowest BCUT2D eigenvalue weighted by Gasteiger charge is -2.20. The van der Waals surface area contributed by atoms with E-state index in [1.54, 1.807) is 13.8 Å². The minimum absolute atomic E-state index is 0.0374. The second kappa shape index (κ2) is 4.64. The van der Waals surface area contributed by atoms with E-state index in [-0.39, 0.29) is 50.2 Å². The summed E-state index contributed by atoms with van der Waals surface area (Å²) >= 11 is 0. The van der Waals surface area contributed by atoms with Gasteiger partial charge in [-0.2, -0.15) is 0 Å². The second-order valence-corrected chi connectivity index (χ2v) is 5.90. The van der Waals surface area contributed by atoms with Crippen molar-refractivity contribution in [1.82, 2.24) is 0 Å². The summed E-state index contributed by atoms with van der Waals surface area (Å²) in [5.74, 6) is -0.801. The van der Waals surface area contributed by atoms with Gasteiger partial charge in [-0.1, -0.05) is 12.1 Å². The summed E-state index contributed by atoms with van der Waals surface area (Å²) in [7, 11) is 0. The molecule has 4 rings (SSSR count). The number of hydrogen-bond acceptors (Lipinski definition) is 5. The third-order valence-corrected chi connectivity index (χ3v) is 4.31. The van der Waals surface area contributed by atoms with Gasteiger partial charge < -0.3 is 9.52 Å². The molecule has 5 heteroatoms. The first-order valence-electron chi connectivity index (χ1n) is 7.39. The molecule has 0 spiro atoms. The van der Waals surface area contributed by atoms with Gasteiger partial charge in [-0.3, -0.25) is 14.4 Å². The molecule has 5 nitrogen and oxygen atoms in total. The number of rotatable bonds is 0. The predicted molar refractivity (Wildman–Crippen MR) is 86.9 cm³/mol. The maximum Gasteiger partial charge on any atom is 0.202 e. The van der Waals surface area contributed by atoms with Crippen molar-refractivity contribution in [2.45, 2.75) is 13.8 Å². The number of hydrogen-bond donors (Lipinski definition) is 1. The fraction of sp³-hybridized carbons (Fsp3) is 0.105. The van der Waals surface area contributed by atoms with Gasteiger partial charge in [0.2, 0.25) is 5.78 Å². The lowest BCUT2D eigenvalue weighted by molar-refractivity contribution is 0.0977. The molecule has 0 aliphatic heterocycles. The van der Waals surface area contributed by atoms with Crippen molar-refractivity contribution in [2.24, 2.45) is 0 Å². The largest absolute Gasteiger partial charge is 0.507 e. The molecule has 1 N–H and O–H groups in total. The average molecular weight is 320 g/mol. The van der Waals surface area contributed by atoms with Crippen molar-refractivity contribution >= 4 is 22.5 Å². The van der Waals surface area contributed by atoms with Crippen LogP contribution in [0.2, 0.25) is 0 Å². The van der Waals surface area contributed by atoms with Crippen molar-refractivity contribution in [3.63, 3.8) is 0 Å². The molecule has 1 aromatic heterocycles. The quantitative estimate of drug-likeness (QED) is 0.538. The van der Waals surface area contributed by atoms with Crippen LogP contribution in [0.4, 0.5) is 0 Å². The Morgan fingerprint density at radius 3 is 2.42 bits per heavy atom. The van der Waals surface area contributed by atoms with E-state index < -0.39 is 5.78 Å². The molecule has 0 atom stereocenters. The van der Waals surface area contributed by atoms with Gasteiger partial charge in [0.25, 0.3) is 0 Å². The van der Waals surface area contributed by atoms with Crippen LogP contribution in [0, 0.1) is 13.8 Å². The predicted octanol–water partition coefficient (Wildman–Crippen LogP) is 2.89. The lowest BCUT2D eigenvalue weighted by atomic mass is 9.81. The Hall–Kier alpha value is -3.21. The Morgan fingerprint density at radius 1 is 0.917 bits per heavy atom. The summed E-state index contributed by atoms with van der Waals surface area (Å²) in [5, 5.41) is 10.3. The zero-order valence-electron chi connectivity index (χ0n) is 13.0. The summed E-state index contributed by atoms with van der Waals surface area (Å²) in [6.45, 7) is 3.31. The molecule has 0 saturated heterocycles. The SMILES string of the molecule is Cc1cc(=O)c2c(C)cc3c(c2o1)C(=O)c1c(O)cccc1C3=O. The van der Waals surface area contributed by atoms with Crippen molar-refractivity contribution < 1.29 is 19.1 Å². The molecule has 0 saturated carbocycles. The highest BCUT2D eigenvalue weighted by Crippen LogP contribution is 2.36. The number of carbonyl (C=O) groups excluding carboxylic acids is 2. The van der Waals surface area contributed by atoms with E-state index in [4.69, 9.17) is 4.42 Å². The highest BCUT2D eigenvalue weighted by atomic mass is 16.3. The van der Waals surface area contributed by atoms with Crippen LogP contribution in [0.15, 0.2) is 39.5 Å². The van der Waals surface area contributed by atoms with Crippen LogP contribution < -0.4 is 5.43 Å². The van der Waals surface area contributed by atoms with Crippen LogP contribution in [0.5, 0.6) is 5.75 Å². The summed E-state index contributed by atoms with van der Waals surface area (Å²) in [5.41, 5.74) is 0.736. The minimum atomic E-state index is -0.517. The molecule has 0 unspecified atom stereocenters. The molecule has 118 valence electrons. The van der Waals surface area contributed by atoms with Crippen molar-refractivity contribution in [3.8, 4) is 5.75 Å². The van der Waals surface area contributed by atoms with Gasteiger partial charge in [0.1, 0.15) is 17.1 Å². The van der Waals surface area contributed by atoms with E-state index in [1.165, 1.54) is 30.3 Å². The molecular weight excluding hydrogens is 308 g/mol. The number of carbonyl (C=O) groups is 2. The van der Waals surface area contributed by atoms with E-state index in [0.29, 0.717) is 11.3 Å². The monoisotopic (exact) mass is 320 g/mol. The van der Waals surface area contributed by atoms with E-state index in [9.17, 15) is 19.5 Å².